The number of nitrogens with one attached hydrogen (secondary N) is 1. The number of anilines is 1. The molecule has 0 spiro atoms. The van der Waals surface area contributed by atoms with Crippen LogP contribution in [0.2, 0.25) is 0 Å². The number of methoxy groups -OCH3 is 1. The minimum absolute atomic E-state index is 0.0432. The fraction of sp³-hybridized carbons (Fsp3) is 0.360. The molecular weight excluding hydrogens is 488 g/mol. The number of benzene rings is 2. The van der Waals surface area contributed by atoms with E-state index in [-0.39, 0.29) is 17.7 Å². The Labute approximate surface area is 210 Å². The highest BCUT2D eigenvalue weighted by molar-refractivity contribution is 5.95. The molecule has 1 aromatic heterocycles. The second kappa shape index (κ2) is 10.1. The van der Waals surface area contributed by atoms with Gasteiger partial charge in [0.25, 0.3) is 0 Å². The molecule has 1 atom stereocenters. The van der Waals surface area contributed by atoms with Crippen molar-refractivity contribution >= 4 is 17.5 Å². The molecule has 2 amide bonds. The number of nitro groups is 1. The molecule has 1 saturated heterocycles. The number of rotatable bonds is 6. The van der Waals surface area contributed by atoms with Gasteiger partial charge in [0.05, 0.1) is 24.1 Å². The summed E-state index contributed by atoms with van der Waals surface area (Å²) in [5, 5.41) is 18.5. The first-order valence-corrected chi connectivity index (χ1v) is 11.9. The maximum absolute atomic E-state index is 15.3. The van der Waals surface area contributed by atoms with Crippen LogP contribution in [0.4, 0.5) is 25.1 Å². The van der Waals surface area contributed by atoms with Gasteiger partial charge in [0.1, 0.15) is 22.9 Å². The lowest BCUT2D eigenvalue weighted by Crippen LogP contribution is -2.38. The number of amides is 2. The molecule has 0 bridgehead atoms. The number of carbonyl (C=O) groups excluding carboxylic acids is 1. The molecule has 1 fully saturated rings. The number of hydrogen-bond donors (Lipinski definition) is 1. The van der Waals surface area contributed by atoms with Gasteiger partial charge in [0.15, 0.2) is 6.23 Å². The van der Waals surface area contributed by atoms with Crippen molar-refractivity contribution in [2.45, 2.75) is 38.5 Å². The standard InChI is InChI=1S/C25H25F2N5O5/c1-36-18-9-15(8-17(26)11-18)13-28-25(33)30-6-5-16-10-19(21(27)12-22(16)30)20-14-31(29-24(20)32(34)35)23-4-2-3-7-37-23/h8-12,14,23H,2-7,13H2,1H3,(H,28,33). The van der Waals surface area contributed by atoms with Crippen LogP contribution in [0.3, 0.4) is 0 Å². The summed E-state index contributed by atoms with van der Waals surface area (Å²) < 4.78 is 41.2. The number of halogens is 2. The smallest absolute Gasteiger partial charge is 0.398 e. The summed E-state index contributed by atoms with van der Waals surface area (Å²) in [5.74, 6) is -1.32. The molecule has 1 N–H and O–H groups in total. The molecule has 3 heterocycles. The van der Waals surface area contributed by atoms with Crippen molar-refractivity contribution in [1.29, 1.82) is 0 Å². The minimum atomic E-state index is -0.708. The summed E-state index contributed by atoms with van der Waals surface area (Å²) in [4.78, 5) is 25.3. The lowest BCUT2D eigenvalue weighted by molar-refractivity contribution is -0.389. The average molecular weight is 514 g/mol. The van der Waals surface area contributed by atoms with Gasteiger partial charge in [-0.25, -0.2) is 13.6 Å². The highest BCUT2D eigenvalue weighted by Crippen LogP contribution is 2.38. The molecule has 2 aromatic carbocycles. The van der Waals surface area contributed by atoms with Gasteiger partial charge in [-0.2, -0.15) is 4.68 Å². The first kappa shape index (κ1) is 24.6. The Bertz CT molecular complexity index is 1360. The first-order valence-electron chi connectivity index (χ1n) is 11.9. The highest BCUT2D eigenvalue weighted by atomic mass is 19.1. The fourth-order valence-electron chi connectivity index (χ4n) is 4.73. The van der Waals surface area contributed by atoms with Gasteiger partial charge in [-0.1, -0.05) is 0 Å². The molecule has 194 valence electrons. The van der Waals surface area contributed by atoms with Gasteiger partial charge in [0, 0.05) is 31.3 Å². The van der Waals surface area contributed by atoms with Crippen LogP contribution in [0.25, 0.3) is 11.1 Å². The van der Waals surface area contributed by atoms with Crippen molar-refractivity contribution in [2.75, 3.05) is 25.2 Å². The third kappa shape index (κ3) is 4.96. The van der Waals surface area contributed by atoms with Crippen molar-refractivity contribution in [3.63, 3.8) is 0 Å². The second-order valence-electron chi connectivity index (χ2n) is 8.95. The van der Waals surface area contributed by atoms with Crippen molar-refractivity contribution in [1.82, 2.24) is 15.1 Å². The van der Waals surface area contributed by atoms with E-state index in [4.69, 9.17) is 9.47 Å². The summed E-state index contributed by atoms with van der Waals surface area (Å²) in [5.41, 5.74) is 1.66. The maximum Gasteiger partial charge on any atom is 0.398 e. The van der Waals surface area contributed by atoms with Crippen LogP contribution in [-0.4, -0.2) is 41.0 Å². The lowest BCUT2D eigenvalue weighted by atomic mass is 10.0. The summed E-state index contributed by atoms with van der Waals surface area (Å²) in [6.45, 7) is 0.882. The Morgan fingerprint density at radius 1 is 1.24 bits per heavy atom. The lowest BCUT2D eigenvalue weighted by Gasteiger charge is -2.20. The van der Waals surface area contributed by atoms with Crippen molar-refractivity contribution in [3.8, 4) is 16.9 Å². The summed E-state index contributed by atoms with van der Waals surface area (Å²) in [6.07, 6.45) is 3.94. The van der Waals surface area contributed by atoms with Crippen molar-refractivity contribution < 1.29 is 28.0 Å². The third-order valence-electron chi connectivity index (χ3n) is 6.55. The largest absolute Gasteiger partial charge is 0.497 e. The van der Waals surface area contributed by atoms with Crippen molar-refractivity contribution in [3.05, 3.63) is 69.4 Å². The zero-order valence-electron chi connectivity index (χ0n) is 20.1. The van der Waals surface area contributed by atoms with Gasteiger partial charge in [-0.3, -0.25) is 4.90 Å². The molecule has 0 saturated carbocycles. The number of carbonyl (C=O) groups is 1. The van der Waals surface area contributed by atoms with E-state index in [1.807, 2.05) is 0 Å². The molecule has 2 aliphatic heterocycles. The SMILES string of the molecule is COc1cc(F)cc(CNC(=O)N2CCc3cc(-c4cn(C5CCCCO5)nc4[N+](=O)[O-])c(F)cc32)c1. The van der Waals surface area contributed by atoms with Gasteiger partial charge in [-0.05, 0) is 66.0 Å². The van der Waals surface area contributed by atoms with E-state index in [2.05, 4.69) is 10.4 Å². The van der Waals surface area contributed by atoms with E-state index in [0.717, 1.165) is 12.8 Å². The maximum atomic E-state index is 15.3. The highest BCUT2D eigenvalue weighted by Gasteiger charge is 2.32. The van der Waals surface area contributed by atoms with Crippen LogP contribution in [0, 0.1) is 21.7 Å². The molecule has 0 aliphatic carbocycles. The van der Waals surface area contributed by atoms with Crippen LogP contribution >= 0.6 is 0 Å². The zero-order chi connectivity index (χ0) is 26.1. The van der Waals surface area contributed by atoms with Crippen LogP contribution in [-0.2, 0) is 17.7 Å². The number of hydrogen-bond acceptors (Lipinski definition) is 6. The van der Waals surface area contributed by atoms with E-state index < -0.39 is 34.6 Å². The molecule has 10 nitrogen and oxygen atoms in total. The second-order valence-corrected chi connectivity index (χ2v) is 8.95. The van der Waals surface area contributed by atoms with Gasteiger partial charge in [-0.15, -0.1) is 0 Å². The number of nitrogens with zero attached hydrogens (tertiary/aromatic N) is 4. The van der Waals surface area contributed by atoms with Gasteiger partial charge < -0.3 is 24.9 Å². The molecule has 2 aliphatic rings. The predicted octanol–water partition coefficient (Wildman–Crippen LogP) is 4.72. The Hall–Kier alpha value is -4.06. The van der Waals surface area contributed by atoms with E-state index in [9.17, 15) is 19.3 Å². The van der Waals surface area contributed by atoms with Crippen LogP contribution in [0.5, 0.6) is 5.75 Å². The Kier molecular flexibility index (Phi) is 6.74. The summed E-state index contributed by atoms with van der Waals surface area (Å²) in [7, 11) is 1.42. The monoisotopic (exact) mass is 513 g/mol. The topological polar surface area (TPSA) is 112 Å². The Morgan fingerprint density at radius 3 is 2.81 bits per heavy atom. The quantitative estimate of drug-likeness (QED) is 0.377. The molecule has 0 radical (unpaired) electrons. The number of aromatic nitrogens is 2. The van der Waals surface area contributed by atoms with Crippen LogP contribution in [0.15, 0.2) is 36.5 Å². The number of fused-ring (bicyclic) bond motifs is 1. The van der Waals surface area contributed by atoms with E-state index in [1.165, 1.54) is 47.2 Å². The van der Waals surface area contributed by atoms with Crippen molar-refractivity contribution in [2.24, 2.45) is 0 Å². The molecule has 37 heavy (non-hydrogen) atoms. The third-order valence-corrected chi connectivity index (χ3v) is 6.55. The van der Waals surface area contributed by atoms with Gasteiger partial charge >= 0.3 is 11.8 Å². The Morgan fingerprint density at radius 2 is 2.08 bits per heavy atom. The molecule has 1 unspecified atom stereocenters. The molecule has 12 heteroatoms. The summed E-state index contributed by atoms with van der Waals surface area (Å²) >= 11 is 0. The van der Waals surface area contributed by atoms with E-state index in [1.54, 1.807) is 6.07 Å². The average Bonchev–Trinajstić information content (AvgIpc) is 3.51. The molecular formula is C25H25F2N5O5. The van der Waals surface area contributed by atoms with Gasteiger partial charge in [0.2, 0.25) is 0 Å². The minimum Gasteiger partial charge on any atom is -0.497 e. The van der Waals surface area contributed by atoms with Crippen LogP contribution in [0.1, 0.15) is 36.6 Å². The normalized spacial score (nSPS) is 16.9. The predicted molar refractivity (Wildman–Crippen MR) is 129 cm³/mol. The number of ether oxygens (including phenoxy) is 2. The molecule has 5 rings (SSSR count). The van der Waals surface area contributed by atoms with Crippen LogP contribution < -0.4 is 15.0 Å². The van der Waals surface area contributed by atoms with E-state index in [0.29, 0.717) is 48.6 Å². The molecule has 3 aromatic rings. The fourth-order valence-corrected chi connectivity index (χ4v) is 4.73. The summed E-state index contributed by atoms with van der Waals surface area (Å²) in [6, 6.07) is 6.41. The van der Waals surface area contributed by atoms with E-state index >= 15 is 4.39 Å². The first-order chi connectivity index (χ1) is 17.8. The number of urea groups is 1. The Balaban J connectivity index is 1.38. The zero-order valence-corrected chi connectivity index (χ0v) is 20.1.